The Labute approximate surface area is 103 Å². The van der Waals surface area contributed by atoms with Crippen molar-refractivity contribution < 1.29 is 9.63 Å². The first-order valence-corrected chi connectivity index (χ1v) is 6.02. The van der Waals surface area contributed by atoms with E-state index < -0.39 is 0 Å². The molecule has 5 nitrogen and oxygen atoms in total. The molecule has 0 aliphatic heterocycles. The molecule has 0 unspecified atom stereocenters. The topological polar surface area (TPSA) is 62.4 Å². The van der Waals surface area contributed by atoms with Gasteiger partial charge in [0.2, 0.25) is 5.89 Å². The Morgan fingerprint density at radius 3 is 2.41 bits per heavy atom. The van der Waals surface area contributed by atoms with Crippen LogP contribution in [-0.4, -0.2) is 39.3 Å². The van der Waals surface area contributed by atoms with Gasteiger partial charge in [0.1, 0.15) is 0 Å². The van der Waals surface area contributed by atoms with Crippen LogP contribution in [0.25, 0.3) is 0 Å². The maximum atomic E-state index is 8.99. The second-order valence-electron chi connectivity index (χ2n) is 5.55. The van der Waals surface area contributed by atoms with E-state index in [1.807, 2.05) is 20.8 Å². The van der Waals surface area contributed by atoms with Crippen LogP contribution in [0.5, 0.6) is 0 Å². The molecule has 0 fully saturated rings. The molecule has 0 aromatic carbocycles. The van der Waals surface area contributed by atoms with Crippen LogP contribution in [0.3, 0.4) is 0 Å². The third kappa shape index (κ3) is 4.09. The second kappa shape index (κ2) is 5.60. The summed E-state index contributed by atoms with van der Waals surface area (Å²) in [7, 11) is 0. The van der Waals surface area contributed by atoms with Gasteiger partial charge in [0, 0.05) is 18.0 Å². The molecular weight excluding hydrogens is 218 g/mol. The van der Waals surface area contributed by atoms with Gasteiger partial charge in [-0.05, 0) is 13.8 Å². The lowest BCUT2D eigenvalue weighted by Gasteiger charge is -2.23. The van der Waals surface area contributed by atoms with Gasteiger partial charge >= 0.3 is 0 Å². The van der Waals surface area contributed by atoms with Crippen molar-refractivity contribution in [1.29, 1.82) is 0 Å². The second-order valence-corrected chi connectivity index (χ2v) is 5.55. The van der Waals surface area contributed by atoms with Crippen molar-refractivity contribution in [3.8, 4) is 0 Å². The van der Waals surface area contributed by atoms with Gasteiger partial charge in [-0.15, -0.1) is 0 Å². The van der Waals surface area contributed by atoms with Crippen LogP contribution in [0.1, 0.15) is 46.3 Å². The van der Waals surface area contributed by atoms with Crippen LogP contribution < -0.4 is 0 Å². The van der Waals surface area contributed by atoms with Crippen LogP contribution in [-0.2, 0) is 12.0 Å². The molecule has 1 aromatic heterocycles. The zero-order valence-corrected chi connectivity index (χ0v) is 11.4. The van der Waals surface area contributed by atoms with E-state index in [2.05, 4.69) is 28.9 Å². The van der Waals surface area contributed by atoms with E-state index in [9.17, 15) is 0 Å². The molecular formula is C12H23N3O2. The van der Waals surface area contributed by atoms with Crippen LogP contribution >= 0.6 is 0 Å². The largest absolute Gasteiger partial charge is 0.395 e. The fraction of sp³-hybridized carbons (Fsp3) is 0.833. The number of aliphatic hydroxyl groups excluding tert-OH is 1. The van der Waals surface area contributed by atoms with E-state index in [1.165, 1.54) is 0 Å². The van der Waals surface area contributed by atoms with Crippen molar-refractivity contribution in [3.63, 3.8) is 0 Å². The molecule has 17 heavy (non-hydrogen) atoms. The fourth-order valence-electron chi connectivity index (χ4n) is 1.45. The van der Waals surface area contributed by atoms with Gasteiger partial charge in [0.05, 0.1) is 13.2 Å². The maximum absolute atomic E-state index is 8.99. The summed E-state index contributed by atoms with van der Waals surface area (Å²) < 4.78 is 5.24. The Hall–Kier alpha value is -0.940. The summed E-state index contributed by atoms with van der Waals surface area (Å²) in [6.45, 7) is 11.7. The maximum Gasteiger partial charge on any atom is 0.232 e. The van der Waals surface area contributed by atoms with E-state index in [-0.39, 0.29) is 12.0 Å². The van der Waals surface area contributed by atoms with E-state index in [1.54, 1.807) is 0 Å². The first-order chi connectivity index (χ1) is 7.84. The number of hydrogen-bond acceptors (Lipinski definition) is 5. The van der Waals surface area contributed by atoms with E-state index >= 15 is 0 Å². The minimum atomic E-state index is -0.120. The van der Waals surface area contributed by atoms with Crippen molar-refractivity contribution in [2.75, 3.05) is 13.2 Å². The summed E-state index contributed by atoms with van der Waals surface area (Å²) >= 11 is 0. The molecule has 0 aliphatic carbocycles. The van der Waals surface area contributed by atoms with Crippen LogP contribution in [0, 0.1) is 0 Å². The van der Waals surface area contributed by atoms with E-state index in [0.717, 1.165) is 0 Å². The van der Waals surface area contributed by atoms with Crippen molar-refractivity contribution in [1.82, 2.24) is 15.0 Å². The van der Waals surface area contributed by atoms with Gasteiger partial charge in [-0.3, -0.25) is 4.90 Å². The Bertz CT molecular complexity index is 342. The standard InChI is InChI=1S/C12H23N3O2/c1-9(2)15(6-7-16)8-10-13-11(17-14-10)12(3,4)5/h9,16H,6-8H2,1-5H3. The van der Waals surface area contributed by atoms with Crippen molar-refractivity contribution in [3.05, 3.63) is 11.7 Å². The first kappa shape index (κ1) is 14.1. The SMILES string of the molecule is CC(C)N(CCO)Cc1noc(C(C)(C)C)n1. The number of hydrogen-bond donors (Lipinski definition) is 1. The predicted molar refractivity (Wildman–Crippen MR) is 65.6 cm³/mol. The number of rotatable bonds is 5. The Morgan fingerprint density at radius 2 is 2.00 bits per heavy atom. The van der Waals surface area contributed by atoms with Crippen LogP contribution in [0.4, 0.5) is 0 Å². The summed E-state index contributed by atoms with van der Waals surface area (Å²) in [4.78, 5) is 6.49. The van der Waals surface area contributed by atoms with Gasteiger partial charge in [-0.2, -0.15) is 4.98 Å². The molecule has 0 atom stereocenters. The zero-order valence-electron chi connectivity index (χ0n) is 11.4. The monoisotopic (exact) mass is 241 g/mol. The van der Waals surface area contributed by atoms with E-state index in [0.29, 0.717) is 30.8 Å². The summed E-state index contributed by atoms with van der Waals surface area (Å²) in [5.41, 5.74) is -0.120. The van der Waals surface area contributed by atoms with Gasteiger partial charge < -0.3 is 9.63 Å². The lowest BCUT2D eigenvalue weighted by atomic mass is 9.97. The van der Waals surface area contributed by atoms with Crippen molar-refractivity contribution in [2.45, 2.75) is 52.6 Å². The number of aromatic nitrogens is 2. The third-order valence-electron chi connectivity index (χ3n) is 2.57. The van der Waals surface area contributed by atoms with Gasteiger partial charge in [0.25, 0.3) is 0 Å². The molecule has 0 bridgehead atoms. The fourth-order valence-corrected chi connectivity index (χ4v) is 1.45. The molecule has 1 heterocycles. The molecule has 1 N–H and O–H groups in total. The average Bonchev–Trinajstić information content (AvgIpc) is 2.64. The molecule has 0 radical (unpaired) electrons. The highest BCUT2D eigenvalue weighted by Crippen LogP contribution is 2.20. The van der Waals surface area contributed by atoms with Crippen molar-refractivity contribution >= 4 is 0 Å². The Morgan fingerprint density at radius 1 is 1.35 bits per heavy atom. The molecule has 0 saturated heterocycles. The molecule has 0 aliphatic rings. The molecule has 98 valence electrons. The van der Waals surface area contributed by atoms with Gasteiger partial charge in [-0.1, -0.05) is 25.9 Å². The summed E-state index contributed by atoms with van der Waals surface area (Å²) in [6.07, 6.45) is 0. The smallest absolute Gasteiger partial charge is 0.232 e. The number of aliphatic hydroxyl groups is 1. The van der Waals surface area contributed by atoms with Crippen LogP contribution in [0.2, 0.25) is 0 Å². The first-order valence-electron chi connectivity index (χ1n) is 6.02. The Kier molecular flexibility index (Phi) is 4.65. The molecule has 5 heteroatoms. The minimum Gasteiger partial charge on any atom is -0.395 e. The summed E-state index contributed by atoms with van der Waals surface area (Å²) in [5.74, 6) is 1.33. The highest BCUT2D eigenvalue weighted by atomic mass is 16.5. The Balaban J connectivity index is 2.70. The van der Waals surface area contributed by atoms with Gasteiger partial charge in [0.15, 0.2) is 5.82 Å². The van der Waals surface area contributed by atoms with Crippen LogP contribution in [0.15, 0.2) is 4.52 Å². The third-order valence-corrected chi connectivity index (χ3v) is 2.57. The highest BCUT2D eigenvalue weighted by Gasteiger charge is 2.22. The van der Waals surface area contributed by atoms with Gasteiger partial charge in [-0.25, -0.2) is 0 Å². The molecule has 0 spiro atoms. The molecule has 0 amide bonds. The van der Waals surface area contributed by atoms with Crippen molar-refractivity contribution in [2.24, 2.45) is 0 Å². The highest BCUT2D eigenvalue weighted by molar-refractivity contribution is 4.98. The van der Waals surface area contributed by atoms with E-state index in [4.69, 9.17) is 9.63 Å². The number of nitrogens with zero attached hydrogens (tertiary/aromatic N) is 3. The zero-order chi connectivity index (χ0) is 13.1. The predicted octanol–water partition coefficient (Wildman–Crippen LogP) is 1.57. The summed E-state index contributed by atoms with van der Waals surface area (Å²) in [6, 6.07) is 0.346. The summed E-state index contributed by atoms with van der Waals surface area (Å²) in [5, 5.41) is 13.0. The molecule has 1 aromatic rings. The molecule has 0 saturated carbocycles. The normalized spacial score (nSPS) is 12.7. The lowest BCUT2D eigenvalue weighted by Crippen LogP contribution is -2.33. The minimum absolute atomic E-state index is 0.120. The molecule has 1 rings (SSSR count). The average molecular weight is 241 g/mol. The lowest BCUT2D eigenvalue weighted by molar-refractivity contribution is 0.155. The quantitative estimate of drug-likeness (QED) is 0.847.